The first-order valence-corrected chi connectivity index (χ1v) is 5.80. The minimum absolute atomic E-state index is 0.0357. The molecule has 0 aromatic heterocycles. The van der Waals surface area contributed by atoms with Crippen LogP contribution in [0.2, 0.25) is 0 Å². The molecule has 0 bridgehead atoms. The molecular weight excluding hydrogens is 236 g/mol. The Bertz CT molecular complexity index is 410. The molecule has 0 saturated heterocycles. The number of nitrogens with zero attached hydrogens (tertiary/aromatic N) is 2. The summed E-state index contributed by atoms with van der Waals surface area (Å²) in [6.07, 6.45) is 0.674. The van der Waals surface area contributed by atoms with Crippen molar-refractivity contribution in [2.45, 2.75) is 45.8 Å². The zero-order chi connectivity index (χ0) is 14.1. The molecule has 2 N–H and O–H groups in total. The molecule has 0 aromatic carbocycles. The number of aliphatic hydroxyl groups excluding tert-OH is 1. The van der Waals surface area contributed by atoms with Crippen molar-refractivity contribution in [1.29, 1.82) is 0 Å². The molecule has 0 amide bonds. The molecule has 0 aromatic rings. The van der Waals surface area contributed by atoms with Gasteiger partial charge in [0, 0.05) is 0 Å². The minimum Gasteiger partial charge on any atom is -0.515 e. The Hall–Kier alpha value is -1.40. The highest BCUT2D eigenvalue weighted by atomic mass is 16.5. The van der Waals surface area contributed by atoms with E-state index in [2.05, 4.69) is 4.99 Å². The maximum atomic E-state index is 11.7. The van der Waals surface area contributed by atoms with Crippen LogP contribution in [0.5, 0.6) is 0 Å². The zero-order valence-electron chi connectivity index (χ0n) is 11.4. The molecule has 0 spiro atoms. The average molecular weight is 256 g/mol. The predicted octanol–water partition coefficient (Wildman–Crippen LogP) is 1.65. The summed E-state index contributed by atoms with van der Waals surface area (Å²) in [6, 6.07) is 0. The molecule has 18 heavy (non-hydrogen) atoms. The quantitative estimate of drug-likeness (QED) is 0.456. The van der Waals surface area contributed by atoms with Crippen LogP contribution in [0.4, 0.5) is 0 Å². The Labute approximate surface area is 107 Å². The Morgan fingerprint density at radius 2 is 2.00 bits per heavy atom. The molecule has 0 aliphatic carbocycles. The number of carbonyl (C=O) groups is 1. The fourth-order valence-corrected chi connectivity index (χ4v) is 2.05. The van der Waals surface area contributed by atoms with Crippen LogP contribution in [-0.2, 0) is 9.53 Å². The van der Waals surface area contributed by atoms with E-state index in [4.69, 9.17) is 4.74 Å². The number of aliphatic hydroxyl groups is 1. The number of ether oxygens (including phenoxy) is 1. The van der Waals surface area contributed by atoms with E-state index >= 15 is 0 Å². The molecule has 0 unspecified atom stereocenters. The van der Waals surface area contributed by atoms with Gasteiger partial charge in [0.25, 0.3) is 0 Å². The van der Waals surface area contributed by atoms with Crippen molar-refractivity contribution in [1.82, 2.24) is 5.06 Å². The molecule has 0 atom stereocenters. The SMILES string of the molecule is CCOC(=O)/C(=C\O)C1=NC(C)(C)N(O)C1(C)C. The van der Waals surface area contributed by atoms with Gasteiger partial charge in [-0.05, 0) is 34.6 Å². The minimum atomic E-state index is -0.884. The summed E-state index contributed by atoms with van der Waals surface area (Å²) in [4.78, 5) is 16.0. The normalized spacial score (nSPS) is 22.8. The first kappa shape index (κ1) is 14.7. The Morgan fingerprint density at radius 3 is 2.33 bits per heavy atom. The molecule has 0 radical (unpaired) electrons. The second-order valence-electron chi connectivity index (χ2n) is 5.09. The number of hydrogen-bond acceptors (Lipinski definition) is 6. The summed E-state index contributed by atoms with van der Waals surface area (Å²) in [5.74, 6) is -0.655. The molecule has 1 rings (SSSR count). The van der Waals surface area contributed by atoms with Crippen molar-refractivity contribution < 1.29 is 19.8 Å². The van der Waals surface area contributed by atoms with Crippen molar-refractivity contribution in [3.05, 3.63) is 11.8 Å². The van der Waals surface area contributed by atoms with Gasteiger partial charge in [0.15, 0.2) is 0 Å². The number of hydrogen-bond donors (Lipinski definition) is 2. The summed E-state index contributed by atoms with van der Waals surface area (Å²) >= 11 is 0. The highest BCUT2D eigenvalue weighted by Crippen LogP contribution is 2.35. The van der Waals surface area contributed by atoms with Gasteiger partial charge in [-0.3, -0.25) is 4.99 Å². The molecule has 6 nitrogen and oxygen atoms in total. The van der Waals surface area contributed by atoms with E-state index in [9.17, 15) is 15.1 Å². The van der Waals surface area contributed by atoms with E-state index in [1.807, 2.05) is 0 Å². The van der Waals surface area contributed by atoms with Crippen molar-refractivity contribution in [3.8, 4) is 0 Å². The first-order chi connectivity index (χ1) is 8.18. The lowest BCUT2D eigenvalue weighted by molar-refractivity contribution is -0.188. The molecule has 6 heteroatoms. The number of rotatable bonds is 3. The van der Waals surface area contributed by atoms with Crippen LogP contribution >= 0.6 is 0 Å². The Kier molecular flexibility index (Phi) is 3.83. The van der Waals surface area contributed by atoms with E-state index in [-0.39, 0.29) is 12.2 Å². The van der Waals surface area contributed by atoms with Crippen LogP contribution in [0.25, 0.3) is 0 Å². The Morgan fingerprint density at radius 1 is 1.44 bits per heavy atom. The third-order valence-corrected chi connectivity index (χ3v) is 2.89. The summed E-state index contributed by atoms with van der Waals surface area (Å²) in [5.41, 5.74) is -1.48. The van der Waals surface area contributed by atoms with Gasteiger partial charge in [-0.15, -0.1) is 0 Å². The topological polar surface area (TPSA) is 82.4 Å². The maximum Gasteiger partial charge on any atom is 0.343 e. The van der Waals surface area contributed by atoms with Gasteiger partial charge < -0.3 is 15.1 Å². The fourth-order valence-electron chi connectivity index (χ4n) is 2.05. The molecule has 0 fully saturated rings. The summed E-state index contributed by atoms with van der Waals surface area (Å²) in [6.45, 7) is 8.73. The van der Waals surface area contributed by atoms with Gasteiger partial charge in [0.05, 0.1) is 24.1 Å². The molecule has 102 valence electrons. The second-order valence-corrected chi connectivity index (χ2v) is 5.09. The van der Waals surface area contributed by atoms with Gasteiger partial charge in [-0.2, -0.15) is 5.06 Å². The highest BCUT2D eigenvalue weighted by molar-refractivity contribution is 6.23. The second kappa shape index (κ2) is 4.70. The van der Waals surface area contributed by atoms with E-state index in [0.29, 0.717) is 12.0 Å². The van der Waals surface area contributed by atoms with Gasteiger partial charge in [0.2, 0.25) is 0 Å². The van der Waals surface area contributed by atoms with Gasteiger partial charge in [-0.1, -0.05) is 0 Å². The van der Waals surface area contributed by atoms with Crippen LogP contribution in [0.1, 0.15) is 34.6 Å². The maximum absolute atomic E-state index is 11.7. The van der Waals surface area contributed by atoms with Crippen molar-refractivity contribution in [3.63, 3.8) is 0 Å². The van der Waals surface area contributed by atoms with Crippen LogP contribution in [0.3, 0.4) is 0 Å². The summed E-state index contributed by atoms with van der Waals surface area (Å²) < 4.78 is 4.86. The molecule has 1 aliphatic rings. The van der Waals surface area contributed by atoms with Crippen LogP contribution < -0.4 is 0 Å². The number of carbonyl (C=O) groups excluding carboxylic acids is 1. The largest absolute Gasteiger partial charge is 0.515 e. The third kappa shape index (κ3) is 2.26. The fraction of sp³-hybridized carbons (Fsp3) is 0.667. The van der Waals surface area contributed by atoms with Gasteiger partial charge >= 0.3 is 5.97 Å². The lowest BCUT2D eigenvalue weighted by atomic mass is 9.93. The summed E-state index contributed by atoms with van der Waals surface area (Å²) in [7, 11) is 0. The van der Waals surface area contributed by atoms with Gasteiger partial charge in [0.1, 0.15) is 11.2 Å². The van der Waals surface area contributed by atoms with E-state index in [0.717, 1.165) is 5.06 Å². The van der Waals surface area contributed by atoms with Crippen LogP contribution in [0.15, 0.2) is 16.8 Å². The molecule has 0 saturated carbocycles. The molecule has 1 heterocycles. The third-order valence-electron chi connectivity index (χ3n) is 2.89. The van der Waals surface area contributed by atoms with E-state index < -0.39 is 17.2 Å². The highest BCUT2D eigenvalue weighted by Gasteiger charge is 2.49. The monoisotopic (exact) mass is 256 g/mol. The predicted molar refractivity (Wildman–Crippen MR) is 66.6 cm³/mol. The Balaban J connectivity index is 3.19. The number of hydroxylamine groups is 2. The molecular formula is C12H20N2O4. The zero-order valence-corrected chi connectivity index (χ0v) is 11.4. The smallest absolute Gasteiger partial charge is 0.343 e. The molecule has 1 aliphatic heterocycles. The average Bonchev–Trinajstić information content (AvgIpc) is 2.41. The number of esters is 1. The number of aliphatic imine (C=N–C) groups is 1. The van der Waals surface area contributed by atoms with E-state index in [1.54, 1.807) is 34.6 Å². The van der Waals surface area contributed by atoms with Crippen molar-refractivity contribution in [2.24, 2.45) is 4.99 Å². The first-order valence-electron chi connectivity index (χ1n) is 5.80. The lowest BCUT2D eigenvalue weighted by Gasteiger charge is -2.33. The van der Waals surface area contributed by atoms with Crippen molar-refractivity contribution >= 4 is 11.7 Å². The van der Waals surface area contributed by atoms with Crippen LogP contribution in [0, 0.1) is 0 Å². The van der Waals surface area contributed by atoms with E-state index in [1.165, 1.54) is 0 Å². The summed E-state index contributed by atoms with van der Waals surface area (Å²) in [5, 5.41) is 20.4. The van der Waals surface area contributed by atoms with Crippen molar-refractivity contribution in [2.75, 3.05) is 6.61 Å². The lowest BCUT2D eigenvalue weighted by Crippen LogP contribution is -2.50. The standard InChI is InChI=1S/C12H20N2O4/c1-6-18-10(16)8(7-15)9-11(2,3)14(17)12(4,5)13-9/h7,15,17H,6H2,1-5H3/b8-7-. The van der Waals surface area contributed by atoms with Gasteiger partial charge in [-0.25, -0.2) is 4.79 Å². The van der Waals surface area contributed by atoms with Crippen LogP contribution in [-0.4, -0.2) is 44.9 Å².